The first-order chi connectivity index (χ1) is 14.1. The van der Waals surface area contributed by atoms with Gasteiger partial charge in [0.05, 0.1) is 10.0 Å². The number of nitrogens with zero attached hydrogens (tertiary/aromatic N) is 2. The van der Waals surface area contributed by atoms with Crippen molar-refractivity contribution in [2.75, 3.05) is 5.32 Å². The number of hydrogen-bond donors (Lipinski definition) is 2. The molecule has 0 aliphatic heterocycles. The molecule has 2 aromatic carbocycles. The molecule has 5 rings (SSSR count). The minimum Gasteiger partial charge on any atom is -0.354 e. The van der Waals surface area contributed by atoms with Gasteiger partial charge in [-0.25, -0.2) is 9.97 Å². The fraction of sp³-hybridized carbons (Fsp3) is 0. The van der Waals surface area contributed by atoms with E-state index in [1.807, 2.05) is 24.3 Å². The molecule has 3 heterocycles. The second kappa shape index (κ2) is 7.15. The molecule has 3 aromatic heterocycles. The summed E-state index contributed by atoms with van der Waals surface area (Å²) in [5.41, 5.74) is 3.62. The number of nitrogens with one attached hydrogen (secondary N) is 2. The molecular formula is C21H12Cl2N4OS. The lowest BCUT2D eigenvalue weighted by Gasteiger charge is -2.04. The highest BCUT2D eigenvalue weighted by Crippen LogP contribution is 2.35. The molecule has 29 heavy (non-hydrogen) atoms. The summed E-state index contributed by atoms with van der Waals surface area (Å²) in [5.74, 6) is -0.238. The number of carbonyl (C=O) groups excluding carboxylic acids is 1. The van der Waals surface area contributed by atoms with Crippen molar-refractivity contribution in [1.82, 2.24) is 15.0 Å². The third-order valence-corrected chi connectivity index (χ3v) is 6.03. The zero-order valence-electron chi connectivity index (χ0n) is 14.7. The van der Waals surface area contributed by atoms with Crippen LogP contribution in [0, 0.1) is 0 Å². The van der Waals surface area contributed by atoms with Gasteiger partial charge in [-0.15, -0.1) is 0 Å². The van der Waals surface area contributed by atoms with Crippen molar-refractivity contribution < 1.29 is 4.79 Å². The molecule has 1 amide bonds. The van der Waals surface area contributed by atoms with Crippen LogP contribution in [-0.2, 0) is 0 Å². The molecule has 0 saturated carbocycles. The van der Waals surface area contributed by atoms with Crippen LogP contribution < -0.4 is 5.32 Å². The Morgan fingerprint density at radius 1 is 1.03 bits per heavy atom. The van der Waals surface area contributed by atoms with Gasteiger partial charge in [0.15, 0.2) is 5.13 Å². The predicted molar refractivity (Wildman–Crippen MR) is 119 cm³/mol. The maximum absolute atomic E-state index is 12.7. The number of rotatable bonds is 3. The van der Waals surface area contributed by atoms with Crippen LogP contribution in [0.3, 0.4) is 0 Å². The number of fused-ring (bicyclic) bond motifs is 2. The first-order valence-corrected chi connectivity index (χ1v) is 10.3. The van der Waals surface area contributed by atoms with Crippen LogP contribution in [0.4, 0.5) is 5.13 Å². The summed E-state index contributed by atoms with van der Waals surface area (Å²) in [4.78, 5) is 25.4. The molecule has 0 spiro atoms. The fourth-order valence-corrected chi connectivity index (χ4v) is 4.55. The number of hydrogen-bond acceptors (Lipinski definition) is 4. The highest BCUT2D eigenvalue weighted by molar-refractivity contribution is 7.21. The van der Waals surface area contributed by atoms with Crippen LogP contribution in [0.5, 0.6) is 0 Å². The van der Waals surface area contributed by atoms with Crippen molar-refractivity contribution >= 4 is 66.8 Å². The Labute approximate surface area is 179 Å². The summed E-state index contributed by atoms with van der Waals surface area (Å²) in [5, 5.41) is 5.43. The quantitative estimate of drug-likeness (QED) is 0.342. The zero-order chi connectivity index (χ0) is 20.0. The summed E-state index contributed by atoms with van der Waals surface area (Å²) in [6.07, 6.45) is 1.70. The Morgan fingerprint density at radius 2 is 1.86 bits per heavy atom. The van der Waals surface area contributed by atoms with Gasteiger partial charge in [-0.05, 0) is 42.5 Å². The highest BCUT2D eigenvalue weighted by Gasteiger charge is 2.14. The lowest BCUT2D eigenvalue weighted by atomic mass is 10.1. The molecule has 0 atom stereocenters. The highest BCUT2D eigenvalue weighted by atomic mass is 35.5. The average Bonchev–Trinajstić information content (AvgIpc) is 3.30. The number of halogens is 2. The van der Waals surface area contributed by atoms with Crippen molar-refractivity contribution in [3.05, 3.63) is 76.4 Å². The molecule has 0 unspecified atom stereocenters. The van der Waals surface area contributed by atoms with Gasteiger partial charge in [0, 0.05) is 33.9 Å². The predicted octanol–water partition coefficient (Wildman–Crippen LogP) is 6.40. The van der Waals surface area contributed by atoms with E-state index in [2.05, 4.69) is 20.3 Å². The Balaban J connectivity index is 1.47. The standard InChI is InChI=1S/C21H12Cl2N4OS/c22-13-3-1-4-14(23)18(13)17-9-11-6-7-12(10-16(11)25-17)19(28)27-21-26-15-5-2-8-24-20(15)29-21/h1-10,25H,(H,26,27,28). The van der Waals surface area contributed by atoms with Crippen LogP contribution in [0.25, 0.3) is 32.5 Å². The van der Waals surface area contributed by atoms with Crippen LogP contribution in [0.15, 0.2) is 60.8 Å². The second-order valence-corrected chi connectivity index (χ2v) is 8.17. The van der Waals surface area contributed by atoms with Gasteiger partial charge < -0.3 is 4.98 Å². The Morgan fingerprint density at radius 3 is 2.66 bits per heavy atom. The molecule has 0 bridgehead atoms. The van der Waals surface area contributed by atoms with Crippen molar-refractivity contribution in [2.45, 2.75) is 0 Å². The van der Waals surface area contributed by atoms with Gasteiger partial charge in [0.1, 0.15) is 10.3 Å². The van der Waals surface area contributed by atoms with Crippen LogP contribution in [0.2, 0.25) is 10.0 Å². The van der Waals surface area contributed by atoms with Gasteiger partial charge >= 0.3 is 0 Å². The lowest BCUT2D eigenvalue weighted by molar-refractivity contribution is 0.102. The normalized spacial score (nSPS) is 11.2. The third kappa shape index (κ3) is 3.35. The molecule has 5 nitrogen and oxygen atoms in total. The largest absolute Gasteiger partial charge is 0.354 e. The number of carbonyl (C=O) groups is 1. The Bertz CT molecular complexity index is 1340. The van der Waals surface area contributed by atoms with Crippen molar-refractivity contribution in [3.63, 3.8) is 0 Å². The summed E-state index contributed by atoms with van der Waals surface area (Å²) in [6.45, 7) is 0. The molecule has 0 fully saturated rings. The van der Waals surface area contributed by atoms with E-state index in [1.165, 1.54) is 11.3 Å². The minimum absolute atomic E-state index is 0.238. The van der Waals surface area contributed by atoms with Crippen LogP contribution in [-0.4, -0.2) is 20.9 Å². The van der Waals surface area contributed by atoms with Gasteiger partial charge in [0.2, 0.25) is 0 Å². The monoisotopic (exact) mass is 438 g/mol. The smallest absolute Gasteiger partial charge is 0.257 e. The van der Waals surface area contributed by atoms with Crippen molar-refractivity contribution in [2.24, 2.45) is 0 Å². The Kier molecular flexibility index (Phi) is 4.47. The van der Waals surface area contributed by atoms with E-state index in [-0.39, 0.29) is 5.91 Å². The maximum atomic E-state index is 12.7. The molecule has 5 aromatic rings. The van der Waals surface area contributed by atoms with E-state index in [1.54, 1.807) is 36.5 Å². The molecule has 0 aliphatic rings. The number of benzene rings is 2. The van der Waals surface area contributed by atoms with Crippen LogP contribution in [0.1, 0.15) is 10.4 Å². The zero-order valence-corrected chi connectivity index (χ0v) is 17.1. The second-order valence-electron chi connectivity index (χ2n) is 6.38. The number of aromatic amines is 1. The summed E-state index contributed by atoms with van der Waals surface area (Å²) >= 11 is 14.0. The molecule has 0 saturated heterocycles. The van der Waals surface area contributed by atoms with E-state index in [4.69, 9.17) is 23.2 Å². The minimum atomic E-state index is -0.238. The fourth-order valence-electron chi connectivity index (χ4n) is 3.15. The summed E-state index contributed by atoms with van der Waals surface area (Å²) in [6, 6.07) is 16.5. The number of thiazole rings is 1. The van der Waals surface area contributed by atoms with E-state index in [9.17, 15) is 4.79 Å². The number of amides is 1. The third-order valence-electron chi connectivity index (χ3n) is 4.50. The SMILES string of the molecule is O=C(Nc1nc2cccnc2s1)c1ccc2cc(-c3c(Cl)cccc3Cl)[nH]c2c1. The Hall–Kier alpha value is -2.93. The van der Waals surface area contributed by atoms with Crippen LogP contribution >= 0.6 is 34.5 Å². The molecule has 0 aliphatic carbocycles. The van der Waals surface area contributed by atoms with Crippen molar-refractivity contribution in [1.29, 1.82) is 0 Å². The summed E-state index contributed by atoms with van der Waals surface area (Å²) in [7, 11) is 0. The molecule has 142 valence electrons. The number of anilines is 1. The maximum Gasteiger partial charge on any atom is 0.257 e. The summed E-state index contributed by atoms with van der Waals surface area (Å²) < 4.78 is 0. The molecular weight excluding hydrogens is 427 g/mol. The molecule has 0 radical (unpaired) electrons. The van der Waals surface area contributed by atoms with E-state index >= 15 is 0 Å². The van der Waals surface area contributed by atoms with Gasteiger partial charge in [-0.1, -0.05) is 46.7 Å². The van der Waals surface area contributed by atoms with E-state index < -0.39 is 0 Å². The molecule has 2 N–H and O–H groups in total. The molecule has 8 heteroatoms. The average molecular weight is 439 g/mol. The topological polar surface area (TPSA) is 70.7 Å². The number of aromatic nitrogens is 3. The number of pyridine rings is 1. The van der Waals surface area contributed by atoms with Gasteiger partial charge in [0.25, 0.3) is 5.91 Å². The van der Waals surface area contributed by atoms with Gasteiger partial charge in [-0.3, -0.25) is 10.1 Å². The number of H-pyrrole nitrogens is 1. The van der Waals surface area contributed by atoms with E-state index in [0.717, 1.165) is 32.5 Å². The van der Waals surface area contributed by atoms with Gasteiger partial charge in [-0.2, -0.15) is 0 Å². The first-order valence-electron chi connectivity index (χ1n) is 8.68. The lowest BCUT2D eigenvalue weighted by Crippen LogP contribution is -2.11. The van der Waals surface area contributed by atoms with E-state index in [0.29, 0.717) is 20.7 Å². The first kappa shape index (κ1) is 18.1. The van der Waals surface area contributed by atoms with Crippen molar-refractivity contribution in [3.8, 4) is 11.3 Å².